The van der Waals surface area contributed by atoms with Gasteiger partial charge in [-0.05, 0) is 64.9 Å². The maximum Gasteiger partial charge on any atom is 0.338 e. The molecular weight excluding hydrogens is 689 g/mol. The monoisotopic (exact) mass is 713 g/mol. The number of phenols is 1. The SMILES string of the molecule is CCOC(=O)C1=C(c2ccccc2)N=c2s/c(=C\c3cc(I)c(O)c([N+](=O)[O-])c3)c(=O)n2[C@@H]1c1ccc(OC)c(OC)c1. The van der Waals surface area contributed by atoms with E-state index in [0.717, 1.165) is 11.3 Å². The highest BCUT2D eigenvalue weighted by Crippen LogP contribution is 2.38. The Balaban J connectivity index is 1.84. The molecule has 220 valence electrons. The van der Waals surface area contributed by atoms with Gasteiger partial charge in [0.1, 0.15) is 0 Å². The molecule has 13 heteroatoms. The number of esters is 1. The maximum atomic E-state index is 14.1. The second-order valence-electron chi connectivity index (χ2n) is 9.17. The number of carbonyl (C=O) groups excluding carboxylic acids is 1. The third-order valence-electron chi connectivity index (χ3n) is 6.66. The third kappa shape index (κ3) is 5.64. The summed E-state index contributed by atoms with van der Waals surface area (Å²) in [5, 5.41) is 21.6. The van der Waals surface area contributed by atoms with Crippen LogP contribution in [0.3, 0.4) is 0 Å². The van der Waals surface area contributed by atoms with Crippen LogP contribution in [0.15, 0.2) is 76.0 Å². The number of aromatic nitrogens is 1. The number of nitro groups is 1. The number of thiazole rings is 1. The minimum Gasteiger partial charge on any atom is -0.501 e. The first kappa shape index (κ1) is 30.0. The van der Waals surface area contributed by atoms with E-state index in [4.69, 9.17) is 19.2 Å². The number of aromatic hydroxyl groups is 1. The van der Waals surface area contributed by atoms with E-state index in [1.54, 1.807) is 47.7 Å². The van der Waals surface area contributed by atoms with E-state index < -0.39 is 33.9 Å². The van der Waals surface area contributed by atoms with Crippen LogP contribution in [-0.4, -0.2) is 41.4 Å². The van der Waals surface area contributed by atoms with Crippen molar-refractivity contribution in [1.29, 1.82) is 0 Å². The van der Waals surface area contributed by atoms with Crippen LogP contribution >= 0.6 is 33.9 Å². The van der Waals surface area contributed by atoms with Crippen molar-refractivity contribution in [3.05, 3.63) is 116 Å². The summed E-state index contributed by atoms with van der Waals surface area (Å²) in [5.74, 6) is -0.228. The predicted octanol–water partition coefficient (Wildman–Crippen LogP) is 4.17. The molecule has 1 atom stereocenters. The van der Waals surface area contributed by atoms with Gasteiger partial charge in [-0.25, -0.2) is 9.79 Å². The minimum atomic E-state index is -0.957. The summed E-state index contributed by atoms with van der Waals surface area (Å²) in [6.45, 7) is 1.80. The summed E-state index contributed by atoms with van der Waals surface area (Å²) < 4.78 is 18.3. The molecule has 0 unspecified atom stereocenters. The Morgan fingerprint density at radius 3 is 2.51 bits per heavy atom. The number of carbonyl (C=O) groups is 1. The zero-order valence-corrected chi connectivity index (χ0v) is 26.0. The lowest BCUT2D eigenvalue weighted by Crippen LogP contribution is -2.40. The van der Waals surface area contributed by atoms with Crippen LogP contribution in [0.1, 0.15) is 29.7 Å². The summed E-state index contributed by atoms with van der Waals surface area (Å²) in [4.78, 5) is 43.6. The number of ether oxygens (including phenoxy) is 3. The van der Waals surface area contributed by atoms with Gasteiger partial charge < -0.3 is 19.3 Å². The fraction of sp³-hybridized carbons (Fsp3) is 0.167. The Labute approximate surface area is 262 Å². The molecule has 0 saturated carbocycles. The molecule has 1 aliphatic rings. The lowest BCUT2D eigenvalue weighted by molar-refractivity contribution is -0.386. The van der Waals surface area contributed by atoms with Gasteiger partial charge in [0.15, 0.2) is 16.3 Å². The van der Waals surface area contributed by atoms with Gasteiger partial charge in [0, 0.05) is 11.6 Å². The third-order valence-corrected chi connectivity index (χ3v) is 8.46. The van der Waals surface area contributed by atoms with E-state index in [2.05, 4.69) is 0 Å². The summed E-state index contributed by atoms with van der Waals surface area (Å²) in [6, 6.07) is 16.0. The van der Waals surface area contributed by atoms with E-state index in [1.807, 2.05) is 30.3 Å². The van der Waals surface area contributed by atoms with Crippen LogP contribution in [0, 0.1) is 13.7 Å². The number of fused-ring (bicyclic) bond motifs is 1. The molecule has 0 radical (unpaired) electrons. The molecule has 2 heterocycles. The number of benzene rings is 3. The highest BCUT2D eigenvalue weighted by molar-refractivity contribution is 14.1. The molecule has 0 amide bonds. The number of phenolic OH excluding ortho intramolecular Hbond substituents is 1. The lowest BCUT2D eigenvalue weighted by atomic mass is 9.93. The van der Waals surface area contributed by atoms with Crippen molar-refractivity contribution in [2.45, 2.75) is 13.0 Å². The molecular formula is C30H24IN3O8S. The van der Waals surface area contributed by atoms with Gasteiger partial charge in [-0.1, -0.05) is 47.7 Å². The smallest absolute Gasteiger partial charge is 0.338 e. The van der Waals surface area contributed by atoms with Crippen molar-refractivity contribution in [2.75, 3.05) is 20.8 Å². The molecule has 0 bridgehead atoms. The van der Waals surface area contributed by atoms with Crippen molar-refractivity contribution in [3.8, 4) is 17.2 Å². The largest absolute Gasteiger partial charge is 0.501 e. The van der Waals surface area contributed by atoms with Gasteiger partial charge in [0.2, 0.25) is 5.75 Å². The molecule has 1 aromatic heterocycles. The second-order valence-corrected chi connectivity index (χ2v) is 11.3. The van der Waals surface area contributed by atoms with Crippen LogP contribution in [0.5, 0.6) is 17.2 Å². The summed E-state index contributed by atoms with van der Waals surface area (Å²) >= 11 is 2.87. The van der Waals surface area contributed by atoms with Gasteiger partial charge >= 0.3 is 11.7 Å². The Bertz CT molecular complexity index is 1970. The zero-order valence-electron chi connectivity index (χ0n) is 23.1. The van der Waals surface area contributed by atoms with E-state index in [9.17, 15) is 24.8 Å². The average molecular weight is 714 g/mol. The van der Waals surface area contributed by atoms with E-state index in [1.165, 1.54) is 37.0 Å². The number of hydrogen-bond acceptors (Lipinski definition) is 10. The summed E-state index contributed by atoms with van der Waals surface area (Å²) in [5.41, 5.74) is 1.10. The number of methoxy groups -OCH3 is 2. The highest BCUT2D eigenvalue weighted by Gasteiger charge is 2.35. The number of halogens is 1. The second kappa shape index (κ2) is 12.4. The van der Waals surface area contributed by atoms with Crippen molar-refractivity contribution in [2.24, 2.45) is 4.99 Å². The van der Waals surface area contributed by atoms with Crippen LogP contribution in [0.25, 0.3) is 11.8 Å². The van der Waals surface area contributed by atoms with E-state index >= 15 is 0 Å². The molecule has 3 aromatic carbocycles. The number of nitrogens with zero attached hydrogens (tertiary/aromatic N) is 3. The summed E-state index contributed by atoms with van der Waals surface area (Å²) in [6.07, 6.45) is 1.50. The molecule has 0 fully saturated rings. The van der Waals surface area contributed by atoms with Crippen LogP contribution in [0.2, 0.25) is 0 Å². The maximum absolute atomic E-state index is 14.1. The van der Waals surface area contributed by atoms with Crippen LogP contribution in [-0.2, 0) is 9.53 Å². The van der Waals surface area contributed by atoms with Gasteiger partial charge in [0.05, 0.1) is 51.2 Å². The quantitative estimate of drug-likeness (QED) is 0.124. The number of hydrogen-bond donors (Lipinski definition) is 1. The fourth-order valence-electron chi connectivity index (χ4n) is 4.76. The topological polar surface area (TPSA) is 142 Å². The van der Waals surface area contributed by atoms with Gasteiger partial charge in [-0.3, -0.25) is 19.5 Å². The van der Waals surface area contributed by atoms with E-state index in [-0.39, 0.29) is 20.3 Å². The standard InChI is InChI=1S/C30H24IN3O8S/c1-4-42-29(37)24-25(17-8-6-5-7-9-17)32-30-33(26(24)18-10-11-21(40-2)22(15-18)41-3)28(36)23(43-30)14-16-12-19(31)27(35)20(13-16)34(38)39/h5-15,26,35H,4H2,1-3H3/b23-14-/t26-/m1/s1. The predicted molar refractivity (Wildman–Crippen MR) is 168 cm³/mol. The van der Waals surface area contributed by atoms with Crippen LogP contribution < -0.4 is 24.4 Å². The summed E-state index contributed by atoms with van der Waals surface area (Å²) in [7, 11) is 3.00. The van der Waals surface area contributed by atoms with Gasteiger partial charge in [0.25, 0.3) is 5.56 Å². The van der Waals surface area contributed by atoms with E-state index in [0.29, 0.717) is 38.7 Å². The zero-order chi connectivity index (χ0) is 30.8. The van der Waals surface area contributed by atoms with Gasteiger partial charge in [-0.2, -0.15) is 0 Å². The Morgan fingerprint density at radius 1 is 1.14 bits per heavy atom. The first-order valence-corrected chi connectivity index (χ1v) is 14.7. The molecule has 11 nitrogen and oxygen atoms in total. The number of rotatable bonds is 8. The Morgan fingerprint density at radius 2 is 1.86 bits per heavy atom. The first-order valence-electron chi connectivity index (χ1n) is 12.9. The number of nitro benzene ring substituents is 1. The highest BCUT2D eigenvalue weighted by atomic mass is 127. The van der Waals surface area contributed by atoms with Gasteiger partial charge in [-0.15, -0.1) is 0 Å². The molecule has 0 spiro atoms. The molecule has 4 aromatic rings. The first-order chi connectivity index (χ1) is 20.7. The van der Waals surface area contributed by atoms with Crippen molar-refractivity contribution >= 4 is 57.4 Å². The molecule has 5 rings (SSSR count). The molecule has 0 saturated heterocycles. The molecule has 43 heavy (non-hydrogen) atoms. The van der Waals surface area contributed by atoms with Crippen molar-refractivity contribution in [3.63, 3.8) is 0 Å². The fourth-order valence-corrected chi connectivity index (χ4v) is 6.39. The van der Waals surface area contributed by atoms with Crippen LogP contribution in [0.4, 0.5) is 5.69 Å². The molecule has 0 aliphatic carbocycles. The lowest BCUT2D eigenvalue weighted by Gasteiger charge is -2.26. The van der Waals surface area contributed by atoms with Crippen molar-refractivity contribution in [1.82, 2.24) is 4.57 Å². The Kier molecular flexibility index (Phi) is 8.64. The van der Waals surface area contributed by atoms with Crippen molar-refractivity contribution < 1.29 is 29.0 Å². The normalized spacial score (nSPS) is 14.6. The minimum absolute atomic E-state index is 0.103. The molecule has 1 N–H and O–H groups in total. The molecule has 1 aliphatic heterocycles. The average Bonchev–Trinajstić information content (AvgIpc) is 3.32. The Hall–Kier alpha value is -4.50.